The summed E-state index contributed by atoms with van der Waals surface area (Å²) in [4.78, 5) is 113. The number of rotatable bonds is 19. The van der Waals surface area contributed by atoms with Crippen LogP contribution in [-0.2, 0) is 11.3 Å². The smallest absolute Gasteiger partial charge is 0.262 e. The first-order valence-electron chi connectivity index (χ1n) is 25.6. The van der Waals surface area contributed by atoms with Crippen molar-refractivity contribution in [2.24, 2.45) is 0 Å². The number of hydrogen-bond acceptors (Lipinski definition) is 10. The van der Waals surface area contributed by atoms with Gasteiger partial charge in [0.05, 0.1) is 44.8 Å². The van der Waals surface area contributed by atoms with Gasteiger partial charge in [0.15, 0.2) is 18.0 Å². The van der Waals surface area contributed by atoms with Gasteiger partial charge in [-0.05, 0) is 92.8 Å². The maximum atomic E-state index is 13.8. The minimum absolute atomic E-state index is 0.0447. The molecule has 0 radical (unpaired) electrons. The third-order valence-corrected chi connectivity index (χ3v) is 15.1. The van der Waals surface area contributed by atoms with Gasteiger partial charge in [0, 0.05) is 65.9 Å². The summed E-state index contributed by atoms with van der Waals surface area (Å²) in [6.07, 6.45) is 18.0. The van der Waals surface area contributed by atoms with Gasteiger partial charge in [0.1, 0.15) is 12.6 Å². The Balaban J connectivity index is 0.852. The van der Waals surface area contributed by atoms with E-state index in [1.807, 2.05) is 56.2 Å². The van der Waals surface area contributed by atoms with Gasteiger partial charge >= 0.3 is 0 Å². The number of benzene rings is 3. The van der Waals surface area contributed by atoms with Gasteiger partial charge in [-0.25, -0.2) is 4.58 Å². The molecule has 3 aromatic carbocycles. The van der Waals surface area contributed by atoms with Gasteiger partial charge in [-0.3, -0.25) is 52.4 Å². The second kappa shape index (κ2) is 20.3. The van der Waals surface area contributed by atoms with E-state index in [1.165, 1.54) is 22.8 Å². The van der Waals surface area contributed by atoms with Crippen LogP contribution in [0.15, 0.2) is 115 Å². The molecule has 15 heteroatoms. The maximum absolute atomic E-state index is 13.8. The van der Waals surface area contributed by atoms with E-state index >= 15 is 0 Å². The Labute approximate surface area is 427 Å². The Hall–Kier alpha value is -8.25. The number of carbonyl (C=O) groups excluding carboxylic acids is 4. The van der Waals surface area contributed by atoms with Crippen molar-refractivity contribution >= 4 is 67.7 Å². The summed E-state index contributed by atoms with van der Waals surface area (Å²) in [5, 5.41) is 14.1. The van der Waals surface area contributed by atoms with Crippen LogP contribution in [0.3, 0.4) is 0 Å². The lowest BCUT2D eigenvalue weighted by atomic mass is 9.80. The molecular formula is C59H58N6O9. The van der Waals surface area contributed by atoms with E-state index in [0.717, 1.165) is 46.5 Å². The average molecular weight is 995 g/mol. The van der Waals surface area contributed by atoms with Gasteiger partial charge in [-0.1, -0.05) is 76.8 Å². The van der Waals surface area contributed by atoms with Crippen molar-refractivity contribution in [1.29, 1.82) is 0 Å². The molecule has 3 amide bonds. The third kappa shape index (κ3) is 8.31. The summed E-state index contributed by atoms with van der Waals surface area (Å²) in [7, 11) is 0. The zero-order valence-electron chi connectivity index (χ0n) is 42.4. The normalized spacial score (nSPS) is 16.1. The molecule has 2 aliphatic carbocycles. The van der Waals surface area contributed by atoms with Crippen molar-refractivity contribution in [3.8, 4) is 12.3 Å². The molecule has 2 aliphatic heterocycles. The number of Topliss-reactive ketones (excluding diaryl/α,β-unsaturated/α-hetero) is 1. The summed E-state index contributed by atoms with van der Waals surface area (Å²) in [5.41, 5.74) is 2.33. The molecule has 2 atom stereocenters. The highest BCUT2D eigenvalue weighted by molar-refractivity contribution is 6.39. The minimum atomic E-state index is -0.670. The van der Waals surface area contributed by atoms with Gasteiger partial charge in [-0.15, -0.1) is 6.42 Å². The molecule has 74 heavy (non-hydrogen) atoms. The fourth-order valence-electron chi connectivity index (χ4n) is 10.8. The molecule has 0 spiro atoms. The third-order valence-electron chi connectivity index (χ3n) is 15.1. The van der Waals surface area contributed by atoms with E-state index in [9.17, 15) is 43.5 Å². The number of anilines is 1. The van der Waals surface area contributed by atoms with Gasteiger partial charge in [0.25, 0.3) is 40.0 Å². The van der Waals surface area contributed by atoms with Crippen LogP contribution in [0.1, 0.15) is 128 Å². The fraction of sp³-hybridized carbons (Fsp3) is 0.339. The van der Waals surface area contributed by atoms with E-state index in [4.69, 9.17) is 6.42 Å². The second-order valence-electron chi connectivity index (χ2n) is 19.2. The Morgan fingerprint density at radius 3 is 1.80 bits per heavy atom. The van der Waals surface area contributed by atoms with Gasteiger partial charge in [0.2, 0.25) is 0 Å². The van der Waals surface area contributed by atoms with Crippen LogP contribution in [0, 0.1) is 12.3 Å². The number of fused-ring (bicyclic) bond motifs is 4. The van der Waals surface area contributed by atoms with E-state index in [2.05, 4.69) is 12.5 Å². The lowest BCUT2D eigenvalue weighted by Gasteiger charge is -2.32. The molecular weight excluding hydrogens is 937 g/mol. The molecule has 4 heterocycles. The van der Waals surface area contributed by atoms with Crippen molar-refractivity contribution in [2.75, 3.05) is 37.6 Å². The lowest BCUT2D eigenvalue weighted by molar-refractivity contribution is -0.522. The number of imide groups is 1. The molecule has 15 nitrogen and oxygen atoms in total. The number of aromatic nitrogens is 2. The summed E-state index contributed by atoms with van der Waals surface area (Å²) in [5.74, 6) is 0.546. The maximum Gasteiger partial charge on any atom is 0.262 e. The standard InChI is InChI=1S/C59H58N6O9/c1-8-14-16-37(10-3)64-56(71)45-30-41-34(7)62(53(68)42(41)31-46(45)57(64)72)28-26-60(12-5)39-22-18-35(19-23-39)49-51(66)50(52(49)67)36-20-24-40(25-21-36)61(13-6)27-29-63-54(69)43-32-47-48(33-44(43)55(63)70)59(74)65(58(47)73)38(11-4)17-15-9-2/h3,18-25,30-33,37-38H,7-9,11-17,26-29H2,1-2,4-6H3. The van der Waals surface area contributed by atoms with E-state index in [-0.39, 0.29) is 86.9 Å². The number of hydrogen-bond donors (Lipinski definition) is 0. The molecule has 378 valence electrons. The summed E-state index contributed by atoms with van der Waals surface area (Å²) in [6.45, 7) is 16.2. The number of unbranched alkanes of at least 4 members (excludes halogenated alkanes) is 2. The highest BCUT2D eigenvalue weighted by Gasteiger charge is 2.43. The largest absolute Gasteiger partial charge is 0.871 e. The Morgan fingerprint density at radius 2 is 1.26 bits per heavy atom. The number of carbonyl (C=O) groups is 4. The quantitative estimate of drug-likeness (QED) is 0.0409. The van der Waals surface area contributed by atoms with Crippen molar-refractivity contribution in [2.45, 2.75) is 98.2 Å². The number of terminal acetylenes is 1. The Bertz CT molecular complexity index is 3520. The van der Waals surface area contributed by atoms with Crippen LogP contribution in [0.25, 0.3) is 32.8 Å². The molecule has 2 aromatic heterocycles. The van der Waals surface area contributed by atoms with E-state index < -0.39 is 40.1 Å². The van der Waals surface area contributed by atoms with Crippen molar-refractivity contribution in [3.63, 3.8) is 0 Å². The van der Waals surface area contributed by atoms with E-state index in [0.29, 0.717) is 66.9 Å². The van der Waals surface area contributed by atoms with Crippen LogP contribution in [0.5, 0.6) is 0 Å². The van der Waals surface area contributed by atoms with Crippen LogP contribution < -0.4 is 32.2 Å². The predicted molar refractivity (Wildman–Crippen MR) is 285 cm³/mol. The number of nitrogens with zero attached hydrogens (tertiary/aromatic N) is 6. The monoisotopic (exact) mass is 994 g/mol. The number of likely N-dealkylation sites (N-methyl/N-ethyl adjacent to an activating group) is 2. The number of amides is 3. The first kappa shape index (κ1) is 50.7. The first-order chi connectivity index (χ1) is 35.6. The molecule has 4 aliphatic rings. The molecule has 5 aromatic rings. The predicted octanol–water partition coefficient (Wildman–Crippen LogP) is 6.05. The number of allylic oxidation sites excluding steroid dienone is 7. The highest BCUT2D eigenvalue weighted by atomic mass is 16.3. The van der Waals surface area contributed by atoms with Crippen molar-refractivity contribution in [1.82, 2.24) is 18.9 Å². The molecule has 9 rings (SSSR count). The van der Waals surface area contributed by atoms with Crippen LogP contribution in [-0.4, -0.2) is 91.5 Å². The molecule has 0 fully saturated rings. The Morgan fingerprint density at radius 1 is 0.689 bits per heavy atom. The van der Waals surface area contributed by atoms with Crippen molar-refractivity contribution in [3.05, 3.63) is 166 Å². The zero-order chi connectivity index (χ0) is 52.9. The topological polar surface area (TPSA) is 182 Å². The minimum Gasteiger partial charge on any atom is -0.871 e. The van der Waals surface area contributed by atoms with Crippen LogP contribution >= 0.6 is 0 Å². The summed E-state index contributed by atoms with van der Waals surface area (Å²) >= 11 is 0. The fourth-order valence-corrected chi connectivity index (χ4v) is 10.8. The van der Waals surface area contributed by atoms with Gasteiger partial charge < -0.3 is 14.9 Å². The second-order valence-corrected chi connectivity index (χ2v) is 19.2. The number of ketones is 1. The van der Waals surface area contributed by atoms with Crippen LogP contribution in [0.2, 0.25) is 0 Å². The van der Waals surface area contributed by atoms with Crippen LogP contribution in [0.4, 0.5) is 5.69 Å². The zero-order valence-corrected chi connectivity index (χ0v) is 42.4. The average Bonchev–Trinajstić information content (AvgIpc) is 3.99. The molecule has 0 N–H and O–H groups in total. The van der Waals surface area contributed by atoms with E-state index in [1.54, 1.807) is 47.4 Å². The first-order valence-corrected chi connectivity index (χ1v) is 25.6. The molecule has 2 unspecified atom stereocenters. The van der Waals surface area contributed by atoms with Crippen molar-refractivity contribution < 1.29 is 28.9 Å². The molecule has 0 saturated heterocycles. The molecule has 0 bridgehead atoms. The highest BCUT2D eigenvalue weighted by Crippen LogP contribution is 2.39. The lowest BCUT2D eigenvalue weighted by Crippen LogP contribution is -2.39. The molecule has 0 saturated carbocycles. The Kier molecular flexibility index (Phi) is 13.9. The van der Waals surface area contributed by atoms with Gasteiger partial charge in [-0.2, -0.15) is 0 Å². The summed E-state index contributed by atoms with van der Waals surface area (Å²) < 4.78 is 4.46. The summed E-state index contributed by atoms with van der Waals surface area (Å²) in [6, 6.07) is 11.9. The SMILES string of the molecule is C#CC(CCCC)N1C(=O)c2cc3c(cc2C1=O)C(=O)N(CC[N+](CC)=C1C=CC(=C2C(=O)C(c4ccc(N(CC)CCn5c(=O)c6cc7c(=O)n(C(CC)CCCC)c(=O)c7cc6c5=O)cc4)=C2[O-])C=C1)C3=C.